The van der Waals surface area contributed by atoms with Crippen LogP contribution in [0.3, 0.4) is 0 Å². The number of rotatable bonds is 6. The van der Waals surface area contributed by atoms with E-state index in [0.717, 1.165) is 29.7 Å². The molecule has 0 saturated carbocycles. The molecule has 0 aliphatic carbocycles. The standard InChI is InChI=1S/C18H28N6.HI/c1-6-19-18(23-14(4)13(2)3)22-12-16-7-8-17(21-11-16)24-10-9-20-15(24)5;/h7-11,13-14H,6,12H2,1-5H3,(H2,19,22,23);1H. The van der Waals surface area contributed by atoms with Crippen molar-refractivity contribution in [3.8, 4) is 5.82 Å². The van der Waals surface area contributed by atoms with Crippen molar-refractivity contribution in [2.45, 2.75) is 47.2 Å². The number of hydrogen-bond donors (Lipinski definition) is 2. The van der Waals surface area contributed by atoms with Crippen LogP contribution in [0.2, 0.25) is 0 Å². The van der Waals surface area contributed by atoms with Gasteiger partial charge in [0.1, 0.15) is 11.6 Å². The lowest BCUT2D eigenvalue weighted by Crippen LogP contribution is -2.44. The van der Waals surface area contributed by atoms with Crippen LogP contribution in [-0.2, 0) is 6.54 Å². The van der Waals surface area contributed by atoms with Gasteiger partial charge in [0.2, 0.25) is 0 Å². The van der Waals surface area contributed by atoms with E-state index in [2.05, 4.69) is 59.4 Å². The van der Waals surface area contributed by atoms with Crippen molar-refractivity contribution in [1.82, 2.24) is 25.2 Å². The van der Waals surface area contributed by atoms with Crippen LogP contribution < -0.4 is 10.6 Å². The lowest BCUT2D eigenvalue weighted by molar-refractivity contribution is 0.481. The van der Waals surface area contributed by atoms with Crippen LogP contribution in [0.25, 0.3) is 5.82 Å². The van der Waals surface area contributed by atoms with Gasteiger partial charge in [-0.25, -0.2) is 15.0 Å². The topological polar surface area (TPSA) is 67.1 Å². The Morgan fingerprint density at radius 3 is 2.52 bits per heavy atom. The first-order valence-electron chi connectivity index (χ1n) is 8.51. The Kier molecular flexibility index (Phi) is 8.88. The molecule has 2 aromatic rings. The number of guanidine groups is 1. The molecule has 0 aromatic carbocycles. The number of pyridine rings is 1. The molecular weight excluding hydrogens is 427 g/mol. The summed E-state index contributed by atoms with van der Waals surface area (Å²) < 4.78 is 1.96. The molecule has 1 atom stereocenters. The first-order valence-corrected chi connectivity index (χ1v) is 8.51. The van der Waals surface area contributed by atoms with Gasteiger partial charge >= 0.3 is 0 Å². The molecular formula is C18H29IN6. The van der Waals surface area contributed by atoms with Gasteiger partial charge < -0.3 is 10.6 Å². The summed E-state index contributed by atoms with van der Waals surface area (Å²) in [4.78, 5) is 13.4. The summed E-state index contributed by atoms with van der Waals surface area (Å²) in [5.41, 5.74) is 1.07. The Balaban J connectivity index is 0.00000312. The van der Waals surface area contributed by atoms with E-state index in [1.807, 2.05) is 30.0 Å². The maximum atomic E-state index is 4.65. The second kappa shape index (κ2) is 10.4. The maximum Gasteiger partial charge on any atom is 0.191 e. The summed E-state index contributed by atoms with van der Waals surface area (Å²) in [7, 11) is 0. The number of halogens is 1. The van der Waals surface area contributed by atoms with Crippen molar-refractivity contribution in [3.05, 3.63) is 42.1 Å². The quantitative estimate of drug-likeness (QED) is 0.398. The molecule has 2 rings (SSSR count). The summed E-state index contributed by atoms with van der Waals surface area (Å²) in [6.07, 6.45) is 5.56. The van der Waals surface area contributed by atoms with Gasteiger partial charge in [-0.15, -0.1) is 24.0 Å². The van der Waals surface area contributed by atoms with Crippen molar-refractivity contribution in [1.29, 1.82) is 0 Å². The Bertz CT molecular complexity index is 662. The zero-order valence-electron chi connectivity index (χ0n) is 15.7. The van der Waals surface area contributed by atoms with Crippen LogP contribution in [0.15, 0.2) is 35.7 Å². The maximum absolute atomic E-state index is 4.65. The smallest absolute Gasteiger partial charge is 0.191 e. The van der Waals surface area contributed by atoms with Crippen molar-refractivity contribution in [3.63, 3.8) is 0 Å². The van der Waals surface area contributed by atoms with E-state index in [1.54, 1.807) is 6.20 Å². The van der Waals surface area contributed by atoms with Gasteiger partial charge in [0.15, 0.2) is 5.96 Å². The van der Waals surface area contributed by atoms with Crippen LogP contribution in [0, 0.1) is 12.8 Å². The highest BCUT2D eigenvalue weighted by Gasteiger charge is 2.08. The van der Waals surface area contributed by atoms with Crippen LogP contribution in [-0.4, -0.2) is 33.1 Å². The molecule has 138 valence electrons. The fourth-order valence-electron chi connectivity index (χ4n) is 2.15. The number of aryl methyl sites for hydroxylation is 1. The number of hydrogen-bond acceptors (Lipinski definition) is 3. The van der Waals surface area contributed by atoms with Crippen molar-refractivity contribution >= 4 is 29.9 Å². The van der Waals surface area contributed by atoms with Gasteiger partial charge in [0.25, 0.3) is 0 Å². The summed E-state index contributed by atoms with van der Waals surface area (Å²) in [5, 5.41) is 6.72. The van der Waals surface area contributed by atoms with Crippen molar-refractivity contribution in [2.75, 3.05) is 6.54 Å². The van der Waals surface area contributed by atoms with Gasteiger partial charge in [0.05, 0.1) is 6.54 Å². The average molecular weight is 456 g/mol. The first-order chi connectivity index (χ1) is 11.5. The Morgan fingerprint density at radius 2 is 2.00 bits per heavy atom. The van der Waals surface area contributed by atoms with E-state index in [4.69, 9.17) is 0 Å². The van der Waals surface area contributed by atoms with Crippen LogP contribution in [0.1, 0.15) is 39.1 Å². The summed E-state index contributed by atoms with van der Waals surface area (Å²) in [5.74, 6) is 3.19. The summed E-state index contributed by atoms with van der Waals surface area (Å²) in [6, 6.07) is 4.42. The molecule has 2 heterocycles. The van der Waals surface area contributed by atoms with E-state index in [1.165, 1.54) is 0 Å². The van der Waals surface area contributed by atoms with Gasteiger partial charge in [-0.05, 0) is 38.3 Å². The highest BCUT2D eigenvalue weighted by molar-refractivity contribution is 14.0. The number of nitrogens with zero attached hydrogens (tertiary/aromatic N) is 4. The highest BCUT2D eigenvalue weighted by Crippen LogP contribution is 2.09. The third-order valence-electron chi connectivity index (χ3n) is 4.01. The summed E-state index contributed by atoms with van der Waals surface area (Å²) >= 11 is 0. The lowest BCUT2D eigenvalue weighted by atomic mass is 10.1. The molecule has 25 heavy (non-hydrogen) atoms. The predicted molar refractivity (Wildman–Crippen MR) is 114 cm³/mol. The Morgan fingerprint density at radius 1 is 1.24 bits per heavy atom. The monoisotopic (exact) mass is 456 g/mol. The van der Waals surface area contributed by atoms with Crippen LogP contribution >= 0.6 is 24.0 Å². The third kappa shape index (κ3) is 6.30. The highest BCUT2D eigenvalue weighted by atomic mass is 127. The minimum atomic E-state index is 0. The fraction of sp³-hybridized carbons (Fsp3) is 0.500. The number of aliphatic imine (C=N–C) groups is 1. The molecule has 0 aliphatic rings. The zero-order valence-corrected chi connectivity index (χ0v) is 18.0. The molecule has 0 radical (unpaired) electrons. The van der Waals surface area contributed by atoms with Crippen LogP contribution in [0.4, 0.5) is 0 Å². The lowest BCUT2D eigenvalue weighted by Gasteiger charge is -2.20. The van der Waals surface area contributed by atoms with Crippen LogP contribution in [0.5, 0.6) is 0 Å². The van der Waals surface area contributed by atoms with Gasteiger partial charge in [0, 0.05) is 31.2 Å². The van der Waals surface area contributed by atoms with Crippen molar-refractivity contribution in [2.24, 2.45) is 10.9 Å². The molecule has 0 spiro atoms. The molecule has 2 aromatic heterocycles. The number of imidazole rings is 1. The Labute approximate surface area is 167 Å². The van der Waals surface area contributed by atoms with E-state index < -0.39 is 0 Å². The third-order valence-corrected chi connectivity index (χ3v) is 4.01. The summed E-state index contributed by atoms with van der Waals surface area (Å²) in [6.45, 7) is 12.0. The minimum absolute atomic E-state index is 0. The second-order valence-electron chi connectivity index (χ2n) is 6.24. The normalized spacial score (nSPS) is 12.6. The first kappa shape index (κ1) is 21.4. The fourth-order valence-corrected chi connectivity index (χ4v) is 2.15. The van der Waals surface area contributed by atoms with Crippen molar-refractivity contribution < 1.29 is 0 Å². The second-order valence-corrected chi connectivity index (χ2v) is 6.24. The molecule has 0 amide bonds. The molecule has 7 heteroatoms. The van der Waals surface area contributed by atoms with Gasteiger partial charge in [-0.2, -0.15) is 0 Å². The molecule has 0 saturated heterocycles. The molecule has 6 nitrogen and oxygen atoms in total. The zero-order chi connectivity index (χ0) is 17.5. The molecule has 1 unspecified atom stereocenters. The average Bonchev–Trinajstić information content (AvgIpc) is 2.99. The molecule has 0 fully saturated rings. The molecule has 0 bridgehead atoms. The van der Waals surface area contributed by atoms with Gasteiger partial charge in [-0.3, -0.25) is 4.57 Å². The van der Waals surface area contributed by atoms with E-state index in [0.29, 0.717) is 18.5 Å². The van der Waals surface area contributed by atoms with E-state index >= 15 is 0 Å². The Hall–Kier alpha value is -1.64. The predicted octanol–water partition coefficient (Wildman–Crippen LogP) is 3.29. The minimum Gasteiger partial charge on any atom is -0.357 e. The van der Waals surface area contributed by atoms with E-state index in [9.17, 15) is 0 Å². The van der Waals surface area contributed by atoms with Gasteiger partial charge in [-0.1, -0.05) is 19.9 Å². The molecule has 0 aliphatic heterocycles. The molecule has 2 N–H and O–H groups in total. The SMILES string of the molecule is CCNC(=NCc1ccc(-n2ccnc2C)nc1)NC(C)C(C)C.I. The largest absolute Gasteiger partial charge is 0.357 e. The number of aromatic nitrogens is 3. The number of nitrogens with one attached hydrogen (secondary N) is 2. The van der Waals surface area contributed by atoms with E-state index in [-0.39, 0.29) is 24.0 Å².